The summed E-state index contributed by atoms with van der Waals surface area (Å²) in [7, 11) is 2.19. The highest BCUT2D eigenvalue weighted by Gasteiger charge is 2.14. The number of rotatable bonds is 3. The molecule has 4 aromatic rings. The molecule has 142 valence electrons. The fraction of sp³-hybridized carbons (Fsp3) is 0.261. The summed E-state index contributed by atoms with van der Waals surface area (Å²) in [4.78, 5) is 12.1. The summed E-state index contributed by atoms with van der Waals surface area (Å²) in [5.41, 5.74) is 5.90. The molecule has 4 nitrogen and oxygen atoms in total. The maximum Gasteiger partial charge on any atom is 0.137 e. The Kier molecular flexibility index (Phi) is 4.41. The molecule has 0 bridgehead atoms. The third kappa shape index (κ3) is 3.21. The van der Waals surface area contributed by atoms with Crippen molar-refractivity contribution in [1.82, 2.24) is 14.3 Å². The Labute approximate surface area is 169 Å². The predicted molar refractivity (Wildman–Crippen MR) is 118 cm³/mol. The van der Waals surface area contributed by atoms with E-state index in [-0.39, 0.29) is 0 Å². The highest BCUT2D eigenvalue weighted by molar-refractivity contribution is 7.15. The Balaban J connectivity index is 1.42. The number of piperazine rings is 1. The minimum absolute atomic E-state index is 0.988. The summed E-state index contributed by atoms with van der Waals surface area (Å²) < 4.78 is 2.17. The molecule has 0 unspecified atom stereocenters. The number of hydrogen-bond donors (Lipinski definition) is 0. The van der Waals surface area contributed by atoms with Crippen molar-refractivity contribution in [2.45, 2.75) is 6.92 Å². The van der Waals surface area contributed by atoms with Gasteiger partial charge in [0.1, 0.15) is 5.65 Å². The van der Waals surface area contributed by atoms with Gasteiger partial charge < -0.3 is 9.80 Å². The summed E-state index contributed by atoms with van der Waals surface area (Å²) >= 11 is 1.81. The SMILES string of the molecule is Cc1ccc(-c2cnc3cc(-c4ccc(N5CCN(C)CC5)cc4)ccn23)s1. The van der Waals surface area contributed by atoms with E-state index in [1.165, 1.54) is 26.6 Å². The molecule has 0 N–H and O–H groups in total. The number of aryl methyl sites for hydroxylation is 1. The smallest absolute Gasteiger partial charge is 0.137 e. The van der Waals surface area contributed by atoms with E-state index in [2.05, 4.69) is 87.9 Å². The number of fused-ring (bicyclic) bond motifs is 1. The van der Waals surface area contributed by atoms with Crippen molar-refractivity contribution in [3.05, 3.63) is 65.8 Å². The van der Waals surface area contributed by atoms with E-state index in [1.807, 2.05) is 17.5 Å². The van der Waals surface area contributed by atoms with Crippen molar-refractivity contribution in [2.24, 2.45) is 0 Å². The van der Waals surface area contributed by atoms with E-state index < -0.39 is 0 Å². The number of anilines is 1. The molecule has 0 aliphatic carbocycles. The van der Waals surface area contributed by atoms with E-state index in [0.29, 0.717) is 0 Å². The van der Waals surface area contributed by atoms with Crippen LogP contribution >= 0.6 is 11.3 Å². The van der Waals surface area contributed by atoms with Crippen molar-refractivity contribution in [3.8, 4) is 21.7 Å². The summed E-state index contributed by atoms with van der Waals surface area (Å²) in [6.45, 7) is 6.60. The molecule has 1 aliphatic rings. The molecule has 28 heavy (non-hydrogen) atoms. The van der Waals surface area contributed by atoms with Gasteiger partial charge in [0, 0.05) is 42.9 Å². The third-order valence-electron chi connectivity index (χ3n) is 5.58. The lowest BCUT2D eigenvalue weighted by Gasteiger charge is -2.34. The monoisotopic (exact) mass is 388 g/mol. The Hall–Kier alpha value is -2.63. The normalized spacial score (nSPS) is 15.4. The van der Waals surface area contributed by atoms with Crippen LogP contribution in [-0.2, 0) is 0 Å². The van der Waals surface area contributed by atoms with Crippen molar-refractivity contribution in [1.29, 1.82) is 0 Å². The fourth-order valence-corrected chi connectivity index (χ4v) is 4.72. The Morgan fingerprint density at radius 3 is 2.39 bits per heavy atom. The van der Waals surface area contributed by atoms with Crippen molar-refractivity contribution >= 4 is 22.7 Å². The molecule has 1 aliphatic heterocycles. The first-order valence-corrected chi connectivity index (χ1v) is 10.6. The van der Waals surface area contributed by atoms with E-state index >= 15 is 0 Å². The van der Waals surface area contributed by atoms with E-state index in [4.69, 9.17) is 0 Å². The first-order valence-electron chi connectivity index (χ1n) is 9.75. The largest absolute Gasteiger partial charge is 0.369 e. The average molecular weight is 389 g/mol. The highest BCUT2D eigenvalue weighted by Crippen LogP contribution is 2.30. The minimum Gasteiger partial charge on any atom is -0.369 e. The van der Waals surface area contributed by atoms with Gasteiger partial charge in [-0.1, -0.05) is 12.1 Å². The molecule has 0 radical (unpaired) electrons. The number of benzene rings is 1. The lowest BCUT2D eigenvalue weighted by atomic mass is 10.1. The molecule has 0 saturated carbocycles. The molecule has 3 aromatic heterocycles. The van der Waals surface area contributed by atoms with Gasteiger partial charge >= 0.3 is 0 Å². The predicted octanol–water partition coefficient (Wildman–Crippen LogP) is 4.79. The molecule has 1 fully saturated rings. The quantitative estimate of drug-likeness (QED) is 0.504. The van der Waals surface area contributed by atoms with E-state index in [0.717, 1.165) is 37.5 Å². The Morgan fingerprint density at radius 1 is 0.893 bits per heavy atom. The van der Waals surface area contributed by atoms with Gasteiger partial charge in [0.05, 0.1) is 16.8 Å². The Morgan fingerprint density at radius 2 is 1.68 bits per heavy atom. The van der Waals surface area contributed by atoms with Crippen LogP contribution in [0.1, 0.15) is 4.88 Å². The zero-order chi connectivity index (χ0) is 19.1. The zero-order valence-electron chi connectivity index (χ0n) is 16.3. The second-order valence-electron chi connectivity index (χ2n) is 7.53. The number of pyridine rings is 1. The summed E-state index contributed by atoms with van der Waals surface area (Å²) in [5.74, 6) is 0. The van der Waals surface area contributed by atoms with Crippen LogP contribution in [0, 0.1) is 6.92 Å². The first kappa shape index (κ1) is 17.5. The fourth-order valence-electron chi connectivity index (χ4n) is 3.84. The summed E-state index contributed by atoms with van der Waals surface area (Å²) in [5, 5.41) is 0. The van der Waals surface area contributed by atoms with Crippen molar-refractivity contribution in [2.75, 3.05) is 38.1 Å². The van der Waals surface area contributed by atoms with Crippen LogP contribution in [-0.4, -0.2) is 47.5 Å². The van der Waals surface area contributed by atoms with Gasteiger partial charge in [0.25, 0.3) is 0 Å². The van der Waals surface area contributed by atoms with Crippen LogP contribution in [0.5, 0.6) is 0 Å². The van der Waals surface area contributed by atoms with Crippen LogP contribution in [0.25, 0.3) is 27.3 Å². The van der Waals surface area contributed by atoms with Gasteiger partial charge in [0.2, 0.25) is 0 Å². The van der Waals surface area contributed by atoms with Crippen LogP contribution in [0.15, 0.2) is 60.9 Å². The summed E-state index contributed by atoms with van der Waals surface area (Å²) in [6, 6.07) is 17.6. The highest BCUT2D eigenvalue weighted by atomic mass is 32.1. The van der Waals surface area contributed by atoms with Crippen molar-refractivity contribution in [3.63, 3.8) is 0 Å². The van der Waals surface area contributed by atoms with Gasteiger partial charge in [-0.05, 0) is 61.5 Å². The number of aromatic nitrogens is 2. The lowest BCUT2D eigenvalue weighted by molar-refractivity contribution is 0.313. The van der Waals surface area contributed by atoms with Gasteiger partial charge in [-0.25, -0.2) is 4.98 Å². The molecule has 5 rings (SSSR count). The molecule has 0 amide bonds. The number of likely N-dealkylation sites (N-methyl/N-ethyl adjacent to an activating group) is 1. The second-order valence-corrected chi connectivity index (χ2v) is 8.82. The van der Waals surface area contributed by atoms with Crippen LogP contribution in [0.4, 0.5) is 5.69 Å². The average Bonchev–Trinajstić information content (AvgIpc) is 3.34. The second kappa shape index (κ2) is 7.08. The maximum absolute atomic E-state index is 4.65. The molecular weight excluding hydrogens is 364 g/mol. The third-order valence-corrected chi connectivity index (χ3v) is 6.60. The van der Waals surface area contributed by atoms with Crippen LogP contribution in [0.2, 0.25) is 0 Å². The summed E-state index contributed by atoms with van der Waals surface area (Å²) in [6.07, 6.45) is 4.11. The number of nitrogens with zero attached hydrogens (tertiary/aromatic N) is 4. The lowest BCUT2D eigenvalue weighted by Crippen LogP contribution is -2.44. The van der Waals surface area contributed by atoms with Crippen LogP contribution in [0.3, 0.4) is 0 Å². The van der Waals surface area contributed by atoms with Crippen LogP contribution < -0.4 is 4.90 Å². The van der Waals surface area contributed by atoms with Crippen molar-refractivity contribution < 1.29 is 0 Å². The van der Waals surface area contributed by atoms with Gasteiger partial charge in [-0.2, -0.15) is 0 Å². The number of hydrogen-bond acceptors (Lipinski definition) is 4. The molecule has 0 spiro atoms. The Bertz CT molecular complexity index is 1100. The standard InChI is InChI=1S/C23H24N4S/c1-17-3-8-22(28-17)21-16-24-23-15-19(9-10-27(21)23)18-4-6-20(7-5-18)26-13-11-25(2)12-14-26/h3-10,15-16H,11-14H2,1-2H3. The first-order chi connectivity index (χ1) is 13.7. The zero-order valence-corrected chi connectivity index (χ0v) is 17.1. The van der Waals surface area contributed by atoms with Gasteiger partial charge in [-0.3, -0.25) is 4.40 Å². The topological polar surface area (TPSA) is 23.8 Å². The number of thiophene rings is 1. The molecule has 1 aromatic carbocycles. The van der Waals surface area contributed by atoms with Gasteiger partial charge in [-0.15, -0.1) is 11.3 Å². The molecule has 4 heterocycles. The molecule has 5 heteroatoms. The molecule has 1 saturated heterocycles. The van der Waals surface area contributed by atoms with Gasteiger partial charge in [0.15, 0.2) is 0 Å². The van der Waals surface area contributed by atoms with E-state index in [1.54, 1.807) is 0 Å². The number of imidazole rings is 1. The minimum atomic E-state index is 0.988. The maximum atomic E-state index is 4.65. The van der Waals surface area contributed by atoms with E-state index in [9.17, 15) is 0 Å². The molecular formula is C23H24N4S. The molecule has 0 atom stereocenters.